The first-order valence-electron chi connectivity index (χ1n) is 11.5. The Hall–Kier alpha value is -3.51. The van der Waals surface area contributed by atoms with Crippen LogP contribution in [0.4, 0.5) is 4.39 Å². The molecule has 5 nitrogen and oxygen atoms in total. The molecule has 5 rings (SSSR count). The molecule has 1 atom stereocenters. The van der Waals surface area contributed by atoms with Crippen LogP contribution in [0.25, 0.3) is 11.1 Å². The lowest BCUT2D eigenvalue weighted by Gasteiger charge is -2.37. The predicted molar refractivity (Wildman–Crippen MR) is 130 cm³/mol. The molecule has 2 aliphatic rings. The Balaban J connectivity index is 1.39. The molecule has 0 bridgehead atoms. The average molecular weight is 462 g/mol. The maximum absolute atomic E-state index is 12.6. The van der Waals surface area contributed by atoms with Crippen molar-refractivity contribution in [1.29, 1.82) is 0 Å². The van der Waals surface area contributed by atoms with Crippen LogP contribution in [0.5, 0.6) is 23.0 Å². The van der Waals surface area contributed by atoms with E-state index >= 15 is 0 Å². The molecule has 0 aromatic heterocycles. The second-order valence-electron chi connectivity index (χ2n) is 8.94. The van der Waals surface area contributed by atoms with Crippen molar-refractivity contribution in [2.45, 2.75) is 13.0 Å². The highest BCUT2D eigenvalue weighted by molar-refractivity contribution is 5.96. The van der Waals surface area contributed by atoms with Crippen LogP contribution in [-0.4, -0.2) is 48.0 Å². The summed E-state index contributed by atoms with van der Waals surface area (Å²) >= 11 is 0. The number of nitrogens with zero attached hydrogens (tertiary/aromatic N) is 1. The number of likely N-dealkylation sites (tertiary alicyclic amines) is 1. The lowest BCUT2D eigenvalue weighted by atomic mass is 9.86. The zero-order valence-electron chi connectivity index (χ0n) is 19.1. The molecule has 1 fully saturated rings. The Morgan fingerprint density at radius 1 is 1.03 bits per heavy atom. The molecule has 0 spiro atoms. The second-order valence-corrected chi connectivity index (χ2v) is 8.94. The van der Waals surface area contributed by atoms with Crippen LogP contribution in [0, 0.1) is 5.92 Å². The number of hydrogen-bond donors (Lipinski definition) is 2. The average Bonchev–Trinajstić information content (AvgIpc) is 2.81. The van der Waals surface area contributed by atoms with Gasteiger partial charge in [0.25, 0.3) is 0 Å². The highest BCUT2D eigenvalue weighted by Crippen LogP contribution is 2.49. The van der Waals surface area contributed by atoms with E-state index in [4.69, 9.17) is 9.47 Å². The van der Waals surface area contributed by atoms with Gasteiger partial charge in [-0.05, 0) is 54.0 Å². The second kappa shape index (κ2) is 9.39. The van der Waals surface area contributed by atoms with Gasteiger partial charge in [0.2, 0.25) is 0 Å². The van der Waals surface area contributed by atoms with Gasteiger partial charge in [0.15, 0.2) is 11.5 Å². The summed E-state index contributed by atoms with van der Waals surface area (Å²) in [7, 11) is 0. The normalized spacial score (nSPS) is 18.2. The fourth-order valence-electron chi connectivity index (χ4n) is 4.73. The number of allylic oxidation sites excluding steroid dienone is 1. The summed E-state index contributed by atoms with van der Waals surface area (Å²) in [5.74, 6) is 1.66. The van der Waals surface area contributed by atoms with E-state index in [9.17, 15) is 14.6 Å². The third-order valence-electron chi connectivity index (χ3n) is 6.57. The van der Waals surface area contributed by atoms with Gasteiger partial charge >= 0.3 is 0 Å². The summed E-state index contributed by atoms with van der Waals surface area (Å²) in [6.07, 6.45) is -0.463. The smallest absolute Gasteiger partial charge is 0.169 e. The number of benzene rings is 3. The molecule has 3 aromatic carbocycles. The summed E-state index contributed by atoms with van der Waals surface area (Å²) in [4.78, 5) is 2.19. The van der Waals surface area contributed by atoms with Crippen molar-refractivity contribution in [2.75, 3.05) is 32.9 Å². The molecule has 0 aliphatic carbocycles. The maximum Gasteiger partial charge on any atom is 0.169 e. The molecule has 0 unspecified atom stereocenters. The van der Waals surface area contributed by atoms with Gasteiger partial charge in [0, 0.05) is 36.7 Å². The van der Waals surface area contributed by atoms with E-state index < -0.39 is 6.10 Å². The lowest BCUT2D eigenvalue weighted by molar-refractivity contribution is 0.0668. The van der Waals surface area contributed by atoms with Gasteiger partial charge in [-0.25, -0.2) is 0 Å². The van der Waals surface area contributed by atoms with Crippen molar-refractivity contribution in [1.82, 2.24) is 4.90 Å². The van der Waals surface area contributed by atoms with E-state index in [0.717, 1.165) is 53.2 Å². The molecule has 2 aliphatic heterocycles. The van der Waals surface area contributed by atoms with Crippen LogP contribution in [-0.2, 0) is 0 Å². The van der Waals surface area contributed by atoms with E-state index in [-0.39, 0.29) is 24.1 Å². The van der Waals surface area contributed by atoms with Gasteiger partial charge in [-0.1, -0.05) is 36.4 Å². The SMILES string of the molecule is CC1=C(c2cccc(O)c2)[C@@H](c2ccc(OCCN3CC(CF)C3)cc2)Oc2c(O)cccc21. The summed E-state index contributed by atoms with van der Waals surface area (Å²) in [6.45, 7) is 4.69. The third-order valence-corrected chi connectivity index (χ3v) is 6.57. The number of rotatable bonds is 7. The van der Waals surface area contributed by atoms with E-state index in [2.05, 4.69) is 4.90 Å². The summed E-state index contributed by atoms with van der Waals surface area (Å²) in [6, 6.07) is 20.2. The highest BCUT2D eigenvalue weighted by atomic mass is 19.1. The Labute approximate surface area is 198 Å². The van der Waals surface area contributed by atoms with E-state index in [1.165, 1.54) is 0 Å². The molecule has 0 amide bonds. The number of alkyl halides is 1. The number of phenolic OH excluding ortho intramolecular Hbond substituents is 2. The fourth-order valence-corrected chi connectivity index (χ4v) is 4.73. The van der Waals surface area contributed by atoms with Crippen molar-refractivity contribution in [3.05, 3.63) is 83.4 Å². The van der Waals surface area contributed by atoms with Crippen LogP contribution < -0.4 is 9.47 Å². The first-order chi connectivity index (χ1) is 16.5. The van der Waals surface area contributed by atoms with E-state index in [0.29, 0.717) is 12.4 Å². The topological polar surface area (TPSA) is 62.2 Å². The molecule has 1 saturated heterocycles. The number of para-hydroxylation sites is 1. The largest absolute Gasteiger partial charge is 0.508 e. The van der Waals surface area contributed by atoms with Gasteiger partial charge in [-0.15, -0.1) is 0 Å². The first-order valence-corrected chi connectivity index (χ1v) is 11.5. The van der Waals surface area contributed by atoms with Crippen LogP contribution in [0.3, 0.4) is 0 Å². The van der Waals surface area contributed by atoms with Crippen LogP contribution >= 0.6 is 0 Å². The van der Waals surface area contributed by atoms with Gasteiger partial charge in [-0.2, -0.15) is 0 Å². The number of fused-ring (bicyclic) bond motifs is 1. The molecule has 176 valence electrons. The van der Waals surface area contributed by atoms with Gasteiger partial charge in [0.05, 0.1) is 6.67 Å². The lowest BCUT2D eigenvalue weighted by Crippen LogP contribution is -2.49. The maximum atomic E-state index is 12.6. The zero-order valence-corrected chi connectivity index (χ0v) is 19.1. The Morgan fingerprint density at radius 3 is 2.53 bits per heavy atom. The Morgan fingerprint density at radius 2 is 1.79 bits per heavy atom. The minimum atomic E-state index is -0.463. The zero-order chi connectivity index (χ0) is 23.7. The van der Waals surface area contributed by atoms with Crippen LogP contribution in [0.2, 0.25) is 0 Å². The molecule has 3 aromatic rings. The number of phenols is 2. The molecule has 6 heteroatoms. The molecule has 0 radical (unpaired) electrons. The predicted octanol–water partition coefficient (Wildman–Crippen LogP) is 5.44. The van der Waals surface area contributed by atoms with Crippen molar-refractivity contribution in [3.8, 4) is 23.0 Å². The monoisotopic (exact) mass is 461 g/mol. The van der Waals surface area contributed by atoms with Crippen molar-refractivity contribution in [2.24, 2.45) is 5.92 Å². The molecular weight excluding hydrogens is 433 g/mol. The van der Waals surface area contributed by atoms with Crippen LogP contribution in [0.15, 0.2) is 66.7 Å². The van der Waals surface area contributed by atoms with Gasteiger partial charge < -0.3 is 19.7 Å². The Kier molecular flexibility index (Phi) is 6.16. The van der Waals surface area contributed by atoms with Crippen molar-refractivity contribution in [3.63, 3.8) is 0 Å². The number of ether oxygens (including phenoxy) is 2. The Bertz CT molecular complexity index is 1200. The fraction of sp³-hybridized carbons (Fsp3) is 0.286. The van der Waals surface area contributed by atoms with Gasteiger partial charge in [0.1, 0.15) is 24.2 Å². The number of hydrogen-bond acceptors (Lipinski definition) is 5. The molecule has 34 heavy (non-hydrogen) atoms. The minimum Gasteiger partial charge on any atom is -0.508 e. The van der Waals surface area contributed by atoms with E-state index in [1.807, 2.05) is 49.4 Å². The summed E-state index contributed by atoms with van der Waals surface area (Å²) in [5.41, 5.74) is 4.51. The van der Waals surface area contributed by atoms with Gasteiger partial charge in [-0.3, -0.25) is 9.29 Å². The van der Waals surface area contributed by atoms with Crippen molar-refractivity contribution < 1.29 is 24.1 Å². The van der Waals surface area contributed by atoms with Crippen molar-refractivity contribution >= 4 is 11.1 Å². The molecular formula is C28H28FNO4. The highest BCUT2D eigenvalue weighted by Gasteiger charge is 2.31. The molecule has 2 N–H and O–H groups in total. The van der Waals surface area contributed by atoms with E-state index in [1.54, 1.807) is 24.3 Å². The standard InChI is InChI=1S/C28H28FNO4/c1-18-24-6-3-7-25(32)28(24)34-27(26(18)21-4-2-5-22(31)14-21)20-8-10-23(11-9-20)33-13-12-30-16-19(15-29)17-30/h2-11,14,19,27,31-32H,12-13,15-17H2,1H3/t27-/m1/s1. The molecule has 2 heterocycles. The summed E-state index contributed by atoms with van der Waals surface area (Å²) in [5, 5.41) is 20.5. The third kappa shape index (κ3) is 4.33. The van der Waals surface area contributed by atoms with Crippen LogP contribution in [0.1, 0.15) is 29.7 Å². The minimum absolute atomic E-state index is 0.0951. The quantitative estimate of drug-likeness (QED) is 0.491. The molecule has 0 saturated carbocycles. The number of aromatic hydroxyl groups is 2. The summed E-state index contributed by atoms with van der Waals surface area (Å²) < 4.78 is 24.8. The number of halogens is 1. The first kappa shape index (κ1) is 22.3.